The minimum absolute atomic E-state index is 0.0290. The van der Waals surface area contributed by atoms with E-state index in [1.165, 1.54) is 16.3 Å². The molecule has 1 N–H and O–H groups in total. The van der Waals surface area contributed by atoms with E-state index in [0.717, 1.165) is 5.56 Å². The molecule has 144 valence electrons. The van der Waals surface area contributed by atoms with Crippen molar-refractivity contribution >= 4 is 16.7 Å². The largest absolute Gasteiger partial charge is 0.378 e. The molecular formula is C24H26N2O2. The van der Waals surface area contributed by atoms with Gasteiger partial charge in [0.2, 0.25) is 5.91 Å². The molecule has 3 aromatic rings. The molecule has 1 aliphatic rings. The molecule has 3 aromatic carbocycles. The van der Waals surface area contributed by atoms with E-state index in [1.54, 1.807) is 0 Å². The van der Waals surface area contributed by atoms with Gasteiger partial charge in [-0.3, -0.25) is 10.1 Å². The van der Waals surface area contributed by atoms with Gasteiger partial charge in [-0.05, 0) is 28.8 Å². The van der Waals surface area contributed by atoms with Crippen LogP contribution in [0.25, 0.3) is 10.8 Å². The zero-order valence-corrected chi connectivity index (χ0v) is 16.2. The van der Waals surface area contributed by atoms with Crippen molar-refractivity contribution in [1.29, 1.82) is 0 Å². The Kier molecular flexibility index (Phi) is 5.70. The summed E-state index contributed by atoms with van der Waals surface area (Å²) in [5.41, 5.74) is 2.19. The summed E-state index contributed by atoms with van der Waals surface area (Å²) in [6.07, 6.45) is 0. The number of hydrogen-bond donors (Lipinski definition) is 1. The van der Waals surface area contributed by atoms with Crippen LogP contribution in [0, 0.1) is 0 Å². The van der Waals surface area contributed by atoms with Crippen molar-refractivity contribution in [3.05, 3.63) is 83.9 Å². The Hall–Kier alpha value is -2.69. The topological polar surface area (TPSA) is 41.6 Å². The molecule has 0 spiro atoms. The first-order valence-corrected chi connectivity index (χ1v) is 9.89. The Balaban J connectivity index is 1.64. The summed E-state index contributed by atoms with van der Waals surface area (Å²) >= 11 is 0. The number of fused-ring (bicyclic) bond motifs is 1. The van der Waals surface area contributed by atoms with Gasteiger partial charge in [-0.25, -0.2) is 0 Å². The van der Waals surface area contributed by atoms with Crippen LogP contribution in [-0.2, 0) is 9.53 Å². The van der Waals surface area contributed by atoms with Crippen LogP contribution in [-0.4, -0.2) is 37.1 Å². The summed E-state index contributed by atoms with van der Waals surface area (Å²) < 4.78 is 5.42. The number of benzene rings is 3. The van der Waals surface area contributed by atoms with Gasteiger partial charge < -0.3 is 9.64 Å². The van der Waals surface area contributed by atoms with Gasteiger partial charge in [0.15, 0.2) is 0 Å². The fraction of sp³-hybridized carbons (Fsp3) is 0.292. The van der Waals surface area contributed by atoms with Crippen molar-refractivity contribution in [1.82, 2.24) is 10.2 Å². The molecule has 1 amide bonds. The summed E-state index contributed by atoms with van der Waals surface area (Å²) in [5, 5.41) is 6.04. The summed E-state index contributed by atoms with van der Waals surface area (Å²) in [4.78, 5) is 15.2. The van der Waals surface area contributed by atoms with Gasteiger partial charge in [0.25, 0.3) is 0 Å². The van der Waals surface area contributed by atoms with E-state index in [2.05, 4.69) is 54.7 Å². The number of morpholine rings is 1. The minimum Gasteiger partial charge on any atom is -0.378 e. The Morgan fingerprint density at radius 2 is 1.61 bits per heavy atom. The molecule has 0 aromatic heterocycles. The standard InChI is InChI=1S/C24H26N2O2/c1-18(21-13-7-11-19-8-5-6-12-22(19)21)25-23(20-9-3-2-4-10-20)24(27)26-14-16-28-17-15-26/h2-13,18,23,25H,14-17H2,1H3/t18-,23+/m0/s1. The van der Waals surface area contributed by atoms with Gasteiger partial charge in [-0.15, -0.1) is 0 Å². The highest BCUT2D eigenvalue weighted by Crippen LogP contribution is 2.27. The number of ether oxygens (including phenoxy) is 1. The predicted molar refractivity (Wildman–Crippen MR) is 112 cm³/mol. The van der Waals surface area contributed by atoms with Crippen LogP contribution in [0.5, 0.6) is 0 Å². The van der Waals surface area contributed by atoms with Gasteiger partial charge in [-0.1, -0.05) is 72.8 Å². The quantitative estimate of drug-likeness (QED) is 0.731. The highest BCUT2D eigenvalue weighted by molar-refractivity contribution is 5.86. The van der Waals surface area contributed by atoms with Crippen LogP contribution in [0.4, 0.5) is 0 Å². The molecule has 1 fully saturated rings. The van der Waals surface area contributed by atoms with E-state index in [9.17, 15) is 4.79 Å². The molecule has 1 heterocycles. The molecule has 4 heteroatoms. The number of nitrogens with zero attached hydrogens (tertiary/aromatic N) is 1. The first-order valence-electron chi connectivity index (χ1n) is 9.89. The van der Waals surface area contributed by atoms with Crippen molar-refractivity contribution in [2.75, 3.05) is 26.3 Å². The average Bonchev–Trinajstić information content (AvgIpc) is 2.77. The summed E-state index contributed by atoms with van der Waals surface area (Å²) in [5.74, 6) is 0.113. The first kappa shape index (κ1) is 18.7. The zero-order chi connectivity index (χ0) is 19.3. The molecule has 28 heavy (non-hydrogen) atoms. The molecule has 0 aliphatic carbocycles. The van der Waals surface area contributed by atoms with Crippen LogP contribution in [0.2, 0.25) is 0 Å². The van der Waals surface area contributed by atoms with E-state index >= 15 is 0 Å². The third-order valence-electron chi connectivity index (χ3n) is 5.41. The summed E-state index contributed by atoms with van der Waals surface area (Å²) in [7, 11) is 0. The van der Waals surface area contributed by atoms with Crippen molar-refractivity contribution < 1.29 is 9.53 Å². The summed E-state index contributed by atoms with van der Waals surface area (Å²) in [6, 6.07) is 24.4. The number of nitrogens with one attached hydrogen (secondary N) is 1. The number of rotatable bonds is 5. The van der Waals surface area contributed by atoms with E-state index in [0.29, 0.717) is 26.3 Å². The molecule has 4 nitrogen and oxygen atoms in total. The van der Waals surface area contributed by atoms with Crippen LogP contribution < -0.4 is 5.32 Å². The zero-order valence-electron chi connectivity index (χ0n) is 16.2. The molecule has 2 atom stereocenters. The van der Waals surface area contributed by atoms with Gasteiger partial charge in [0.1, 0.15) is 6.04 Å². The van der Waals surface area contributed by atoms with Crippen LogP contribution >= 0.6 is 0 Å². The Labute approximate surface area is 166 Å². The maximum Gasteiger partial charge on any atom is 0.244 e. The maximum absolute atomic E-state index is 13.3. The number of carbonyl (C=O) groups excluding carboxylic acids is 1. The smallest absolute Gasteiger partial charge is 0.244 e. The lowest BCUT2D eigenvalue weighted by Gasteiger charge is -2.32. The summed E-state index contributed by atoms with van der Waals surface area (Å²) in [6.45, 7) is 4.63. The lowest BCUT2D eigenvalue weighted by molar-refractivity contribution is -0.138. The van der Waals surface area contributed by atoms with Gasteiger partial charge >= 0.3 is 0 Å². The Bertz CT molecular complexity index is 930. The maximum atomic E-state index is 13.3. The molecular weight excluding hydrogens is 348 g/mol. The number of amides is 1. The second-order valence-electron chi connectivity index (χ2n) is 7.24. The lowest BCUT2D eigenvalue weighted by atomic mass is 9.97. The number of carbonyl (C=O) groups is 1. The third-order valence-corrected chi connectivity index (χ3v) is 5.41. The van der Waals surface area contributed by atoms with Crippen LogP contribution in [0.15, 0.2) is 72.8 Å². The SMILES string of the molecule is C[C@H](N[C@@H](C(=O)N1CCOCC1)c1ccccc1)c1cccc2ccccc12. The molecule has 1 saturated heterocycles. The van der Waals surface area contributed by atoms with Gasteiger partial charge in [-0.2, -0.15) is 0 Å². The van der Waals surface area contributed by atoms with Crippen LogP contribution in [0.3, 0.4) is 0 Å². The fourth-order valence-corrected chi connectivity index (χ4v) is 3.89. The molecule has 0 radical (unpaired) electrons. The monoisotopic (exact) mass is 374 g/mol. The third kappa shape index (κ3) is 3.93. The molecule has 0 unspecified atom stereocenters. The normalized spacial score (nSPS) is 16.7. The highest BCUT2D eigenvalue weighted by atomic mass is 16.5. The lowest BCUT2D eigenvalue weighted by Crippen LogP contribution is -2.46. The van der Waals surface area contributed by atoms with Crippen molar-refractivity contribution in [2.45, 2.75) is 19.0 Å². The molecule has 1 aliphatic heterocycles. The van der Waals surface area contributed by atoms with Crippen molar-refractivity contribution in [3.8, 4) is 0 Å². The van der Waals surface area contributed by atoms with Crippen molar-refractivity contribution in [3.63, 3.8) is 0 Å². The molecule has 4 rings (SSSR count). The van der Waals surface area contributed by atoms with E-state index < -0.39 is 0 Å². The van der Waals surface area contributed by atoms with E-state index in [1.807, 2.05) is 35.2 Å². The van der Waals surface area contributed by atoms with Crippen molar-refractivity contribution in [2.24, 2.45) is 0 Å². The minimum atomic E-state index is -0.381. The Morgan fingerprint density at radius 1 is 0.929 bits per heavy atom. The van der Waals surface area contributed by atoms with E-state index in [4.69, 9.17) is 4.74 Å². The molecule has 0 saturated carbocycles. The van der Waals surface area contributed by atoms with Crippen LogP contribution in [0.1, 0.15) is 30.1 Å². The van der Waals surface area contributed by atoms with Gasteiger partial charge in [0, 0.05) is 19.1 Å². The molecule has 0 bridgehead atoms. The van der Waals surface area contributed by atoms with E-state index in [-0.39, 0.29) is 18.0 Å². The predicted octanol–water partition coefficient (Wildman–Crippen LogP) is 4.09. The number of hydrogen-bond acceptors (Lipinski definition) is 3. The average molecular weight is 374 g/mol. The fourth-order valence-electron chi connectivity index (χ4n) is 3.89. The first-order chi connectivity index (χ1) is 13.7. The Morgan fingerprint density at radius 3 is 2.39 bits per heavy atom. The van der Waals surface area contributed by atoms with Gasteiger partial charge in [0.05, 0.1) is 13.2 Å². The second-order valence-corrected chi connectivity index (χ2v) is 7.24. The second kappa shape index (κ2) is 8.55. The highest BCUT2D eigenvalue weighted by Gasteiger charge is 2.28.